The maximum Gasteiger partial charge on any atom is 0.404 e. The molecule has 4 rings (SSSR count). The molecule has 1 aliphatic heterocycles. The second-order valence-electron chi connectivity index (χ2n) is 6.99. The Morgan fingerprint density at radius 2 is 2.23 bits per heavy atom. The van der Waals surface area contributed by atoms with E-state index in [0.717, 1.165) is 16.6 Å². The van der Waals surface area contributed by atoms with E-state index in [-0.39, 0.29) is 0 Å². The quantitative estimate of drug-likeness (QED) is 0.637. The molecule has 0 radical (unpaired) electrons. The van der Waals surface area contributed by atoms with Crippen LogP contribution in [0.2, 0.25) is 5.02 Å². The lowest BCUT2D eigenvalue weighted by molar-refractivity contribution is -0.00380. The van der Waals surface area contributed by atoms with Gasteiger partial charge < -0.3 is 25.2 Å². The molecule has 3 aromatic rings. The number of ether oxygens (including phenoxy) is 2. The Balaban J connectivity index is 1.59. The lowest BCUT2D eigenvalue weighted by Crippen LogP contribution is -2.49. The van der Waals surface area contributed by atoms with Crippen LogP contribution in [-0.2, 0) is 4.74 Å². The first kappa shape index (κ1) is 20.2. The van der Waals surface area contributed by atoms with Crippen molar-refractivity contribution in [3.05, 3.63) is 41.8 Å². The zero-order valence-electron chi connectivity index (χ0n) is 16.4. The van der Waals surface area contributed by atoms with E-state index in [2.05, 4.69) is 10.1 Å². The molecule has 0 saturated carbocycles. The molecule has 0 aromatic carbocycles. The number of fused-ring (bicyclic) bond motifs is 1. The van der Waals surface area contributed by atoms with Gasteiger partial charge in [-0.2, -0.15) is 5.10 Å². The van der Waals surface area contributed by atoms with Crippen LogP contribution in [0.1, 0.15) is 13.3 Å². The molecule has 2 atom stereocenters. The van der Waals surface area contributed by atoms with Crippen LogP contribution in [0, 0.1) is 0 Å². The summed E-state index contributed by atoms with van der Waals surface area (Å²) in [7, 11) is 0. The number of carbonyl (C=O) groups is 1. The van der Waals surface area contributed by atoms with Crippen LogP contribution < -0.4 is 15.4 Å². The number of hydrogen-bond donors (Lipinski definition) is 2. The van der Waals surface area contributed by atoms with E-state index in [9.17, 15) is 9.90 Å². The Labute approximate surface area is 178 Å². The van der Waals surface area contributed by atoms with E-state index in [1.165, 1.54) is 0 Å². The van der Waals surface area contributed by atoms with Gasteiger partial charge in [0.25, 0.3) is 0 Å². The number of nitrogens with zero attached hydrogens (tertiary/aromatic N) is 4. The van der Waals surface area contributed by atoms with Crippen molar-refractivity contribution in [3.8, 4) is 16.9 Å². The number of aliphatic hydroxyl groups is 1. The molecule has 1 saturated heterocycles. The standard InChI is InChI=1S/C20H22ClN5O4/c1-2-29-13-7-14(19-15(21)9-24-26(19)10-13)12-3-4-18(23-8-12)25-6-5-17(16(27)11-25)30-20(22)28/h3-4,7-10,16-17,27H,2,5-6,11H2,1H3,(H2,22,28)/t16-,17-/m0/s1. The summed E-state index contributed by atoms with van der Waals surface area (Å²) in [4.78, 5) is 17.4. The number of primary amides is 1. The Morgan fingerprint density at radius 1 is 1.40 bits per heavy atom. The third kappa shape index (κ3) is 3.99. The van der Waals surface area contributed by atoms with Crippen LogP contribution >= 0.6 is 11.6 Å². The van der Waals surface area contributed by atoms with Gasteiger partial charge in [-0.05, 0) is 25.1 Å². The van der Waals surface area contributed by atoms with E-state index in [0.29, 0.717) is 42.7 Å². The third-order valence-electron chi connectivity index (χ3n) is 5.02. The van der Waals surface area contributed by atoms with Crippen LogP contribution in [0.25, 0.3) is 16.6 Å². The maximum atomic E-state index is 10.9. The number of nitrogens with two attached hydrogens (primary N) is 1. The van der Waals surface area contributed by atoms with Gasteiger partial charge >= 0.3 is 6.09 Å². The number of amides is 1. The Hall–Kier alpha value is -3.04. The van der Waals surface area contributed by atoms with E-state index in [4.69, 9.17) is 26.8 Å². The number of carbonyl (C=O) groups excluding carboxylic acids is 1. The highest BCUT2D eigenvalue weighted by atomic mass is 35.5. The number of hydrogen-bond acceptors (Lipinski definition) is 7. The van der Waals surface area contributed by atoms with Gasteiger partial charge in [0.15, 0.2) is 0 Å². The van der Waals surface area contributed by atoms with Crippen molar-refractivity contribution in [2.45, 2.75) is 25.6 Å². The fraction of sp³-hybridized carbons (Fsp3) is 0.350. The van der Waals surface area contributed by atoms with Crippen LogP contribution in [0.3, 0.4) is 0 Å². The molecule has 1 fully saturated rings. The van der Waals surface area contributed by atoms with E-state index in [1.54, 1.807) is 23.1 Å². The lowest BCUT2D eigenvalue weighted by Gasteiger charge is -2.35. The molecule has 158 valence electrons. The number of rotatable bonds is 5. The first-order valence-electron chi connectivity index (χ1n) is 9.61. The van der Waals surface area contributed by atoms with Crippen molar-refractivity contribution in [2.75, 3.05) is 24.6 Å². The normalized spacial score (nSPS) is 19.1. The number of aromatic nitrogens is 3. The smallest absolute Gasteiger partial charge is 0.404 e. The summed E-state index contributed by atoms with van der Waals surface area (Å²) in [6.45, 7) is 3.33. The fourth-order valence-corrected chi connectivity index (χ4v) is 3.89. The summed E-state index contributed by atoms with van der Waals surface area (Å²) in [5.41, 5.74) is 7.54. The summed E-state index contributed by atoms with van der Waals surface area (Å²) < 4.78 is 12.3. The van der Waals surface area contributed by atoms with Crippen molar-refractivity contribution >= 4 is 29.0 Å². The minimum atomic E-state index is -0.880. The molecule has 9 nitrogen and oxygen atoms in total. The van der Waals surface area contributed by atoms with E-state index in [1.807, 2.05) is 30.0 Å². The van der Waals surface area contributed by atoms with Crippen molar-refractivity contribution < 1.29 is 19.4 Å². The zero-order chi connectivity index (χ0) is 21.3. The molecule has 10 heteroatoms. The topological polar surface area (TPSA) is 115 Å². The van der Waals surface area contributed by atoms with E-state index >= 15 is 0 Å². The van der Waals surface area contributed by atoms with Crippen molar-refractivity contribution in [1.29, 1.82) is 0 Å². The second kappa shape index (κ2) is 8.37. The maximum absolute atomic E-state index is 10.9. The predicted octanol–water partition coefficient (Wildman–Crippen LogP) is 2.48. The average molecular weight is 432 g/mol. The Kier molecular flexibility index (Phi) is 5.65. The molecular formula is C20H22ClN5O4. The molecule has 0 aliphatic carbocycles. The molecule has 0 spiro atoms. The zero-order valence-corrected chi connectivity index (χ0v) is 17.1. The van der Waals surface area contributed by atoms with Crippen LogP contribution in [0.4, 0.5) is 10.6 Å². The minimum absolute atomic E-state index is 0.294. The SMILES string of the molecule is CCOc1cc(-c2ccc(N3CC[C@H](OC(N)=O)[C@@H](O)C3)nc2)c2c(Cl)cnn2c1. The van der Waals surface area contributed by atoms with Crippen LogP contribution in [0.5, 0.6) is 5.75 Å². The number of β-amino-alcohol motifs (C(OH)–C–C–N with tert-alkyl or cyclic N) is 1. The molecule has 3 N–H and O–H groups in total. The summed E-state index contributed by atoms with van der Waals surface area (Å²) >= 11 is 6.35. The second-order valence-corrected chi connectivity index (χ2v) is 7.40. The Morgan fingerprint density at radius 3 is 2.90 bits per heavy atom. The number of pyridine rings is 2. The van der Waals surface area contributed by atoms with Gasteiger partial charge in [0.05, 0.1) is 29.5 Å². The molecule has 0 bridgehead atoms. The molecule has 30 heavy (non-hydrogen) atoms. The average Bonchev–Trinajstić information content (AvgIpc) is 3.10. The van der Waals surface area contributed by atoms with Gasteiger partial charge in [-0.25, -0.2) is 14.3 Å². The molecular weight excluding hydrogens is 410 g/mol. The van der Waals surface area contributed by atoms with Crippen molar-refractivity contribution in [3.63, 3.8) is 0 Å². The van der Waals surface area contributed by atoms with Gasteiger partial charge in [0, 0.05) is 36.8 Å². The Bertz CT molecular complexity index is 1060. The van der Waals surface area contributed by atoms with Crippen LogP contribution in [-0.4, -0.2) is 57.7 Å². The highest BCUT2D eigenvalue weighted by Crippen LogP contribution is 2.33. The fourth-order valence-electron chi connectivity index (χ4n) is 3.66. The monoisotopic (exact) mass is 431 g/mol. The summed E-state index contributed by atoms with van der Waals surface area (Å²) in [6, 6.07) is 5.74. The lowest BCUT2D eigenvalue weighted by atomic mass is 10.0. The molecule has 0 unspecified atom stereocenters. The van der Waals surface area contributed by atoms with Crippen molar-refractivity contribution in [1.82, 2.24) is 14.6 Å². The number of halogens is 1. The largest absolute Gasteiger partial charge is 0.492 e. The number of piperidine rings is 1. The highest BCUT2D eigenvalue weighted by Gasteiger charge is 2.30. The molecule has 1 aliphatic rings. The first-order chi connectivity index (χ1) is 14.5. The predicted molar refractivity (Wildman–Crippen MR) is 112 cm³/mol. The molecule has 4 heterocycles. The third-order valence-corrected chi connectivity index (χ3v) is 5.30. The summed E-state index contributed by atoms with van der Waals surface area (Å²) in [6.07, 6.45) is 3.29. The van der Waals surface area contributed by atoms with E-state index < -0.39 is 18.3 Å². The minimum Gasteiger partial charge on any atom is -0.492 e. The molecule has 1 amide bonds. The van der Waals surface area contributed by atoms with Crippen molar-refractivity contribution in [2.24, 2.45) is 5.73 Å². The van der Waals surface area contributed by atoms with Gasteiger partial charge in [-0.1, -0.05) is 11.6 Å². The molecule has 3 aromatic heterocycles. The summed E-state index contributed by atoms with van der Waals surface area (Å²) in [5.74, 6) is 1.40. The highest BCUT2D eigenvalue weighted by molar-refractivity contribution is 6.34. The first-order valence-corrected chi connectivity index (χ1v) is 9.99. The summed E-state index contributed by atoms with van der Waals surface area (Å²) in [5, 5.41) is 15.1. The van der Waals surface area contributed by atoms with Gasteiger partial charge in [0.1, 0.15) is 23.8 Å². The number of aliphatic hydroxyl groups excluding tert-OH is 1. The van der Waals surface area contributed by atoms with Crippen LogP contribution in [0.15, 0.2) is 36.8 Å². The van der Waals surface area contributed by atoms with Gasteiger partial charge in [0.2, 0.25) is 0 Å². The van der Waals surface area contributed by atoms with Gasteiger partial charge in [-0.3, -0.25) is 0 Å². The van der Waals surface area contributed by atoms with Gasteiger partial charge in [-0.15, -0.1) is 0 Å². The number of anilines is 1.